The molecule has 0 aliphatic carbocycles. The molecule has 0 radical (unpaired) electrons. The average molecular weight is 290 g/mol. The molecule has 1 unspecified atom stereocenters. The highest BCUT2D eigenvalue weighted by Gasteiger charge is 2.24. The van der Waals surface area contributed by atoms with Crippen LogP contribution in [0.3, 0.4) is 0 Å². The molecule has 0 saturated carbocycles. The monoisotopic (exact) mass is 290 g/mol. The van der Waals surface area contributed by atoms with Crippen LogP contribution < -0.4 is 5.69 Å². The molecule has 1 N–H and O–H groups in total. The van der Waals surface area contributed by atoms with E-state index in [0.717, 1.165) is 26.1 Å². The van der Waals surface area contributed by atoms with E-state index in [1.54, 1.807) is 18.3 Å². The highest BCUT2D eigenvalue weighted by atomic mass is 16.4. The molecule has 112 valence electrons. The van der Waals surface area contributed by atoms with Gasteiger partial charge < -0.3 is 10.0 Å². The van der Waals surface area contributed by atoms with E-state index in [2.05, 4.69) is 10.00 Å². The lowest BCUT2D eigenvalue weighted by molar-refractivity contribution is -0.138. The summed E-state index contributed by atoms with van der Waals surface area (Å²) in [7, 11) is 0. The number of pyridine rings is 1. The van der Waals surface area contributed by atoms with Crippen LogP contribution in [0.25, 0.3) is 5.65 Å². The number of aliphatic carboxylic acids is 1. The van der Waals surface area contributed by atoms with Crippen molar-refractivity contribution in [1.82, 2.24) is 19.1 Å². The number of carbonyl (C=O) groups is 1. The number of hydrogen-bond donors (Lipinski definition) is 1. The van der Waals surface area contributed by atoms with Crippen LogP contribution in [0.15, 0.2) is 29.2 Å². The molecular weight excluding hydrogens is 272 g/mol. The van der Waals surface area contributed by atoms with E-state index < -0.39 is 5.97 Å². The highest BCUT2D eigenvalue weighted by molar-refractivity contribution is 5.67. The molecule has 0 bridgehead atoms. The van der Waals surface area contributed by atoms with Crippen molar-refractivity contribution in [1.29, 1.82) is 0 Å². The first-order valence-electron chi connectivity index (χ1n) is 7.12. The summed E-state index contributed by atoms with van der Waals surface area (Å²) < 4.78 is 3.00. The Morgan fingerprint density at radius 2 is 2.24 bits per heavy atom. The van der Waals surface area contributed by atoms with Gasteiger partial charge >= 0.3 is 11.7 Å². The largest absolute Gasteiger partial charge is 0.481 e. The molecule has 3 heterocycles. The van der Waals surface area contributed by atoms with Gasteiger partial charge in [0.05, 0.1) is 6.54 Å². The van der Waals surface area contributed by atoms with Crippen LogP contribution in [0, 0.1) is 5.92 Å². The Kier molecular flexibility index (Phi) is 3.74. The first-order valence-corrected chi connectivity index (χ1v) is 7.12. The Hall–Kier alpha value is -2.15. The third kappa shape index (κ3) is 2.97. The highest BCUT2D eigenvalue weighted by Crippen LogP contribution is 2.19. The van der Waals surface area contributed by atoms with Crippen molar-refractivity contribution in [3.8, 4) is 0 Å². The van der Waals surface area contributed by atoms with E-state index in [9.17, 15) is 9.59 Å². The van der Waals surface area contributed by atoms with Gasteiger partial charge in [0, 0.05) is 25.7 Å². The minimum atomic E-state index is -0.738. The number of nitrogens with zero attached hydrogens (tertiary/aromatic N) is 4. The van der Waals surface area contributed by atoms with Crippen LogP contribution in [0.4, 0.5) is 0 Å². The van der Waals surface area contributed by atoms with Crippen LogP contribution in [0.2, 0.25) is 0 Å². The van der Waals surface area contributed by atoms with Crippen molar-refractivity contribution in [2.24, 2.45) is 5.92 Å². The van der Waals surface area contributed by atoms with Crippen molar-refractivity contribution in [3.63, 3.8) is 0 Å². The number of carboxylic acid groups (broad SMARTS) is 1. The fourth-order valence-corrected chi connectivity index (χ4v) is 2.88. The van der Waals surface area contributed by atoms with Gasteiger partial charge in [-0.3, -0.25) is 9.20 Å². The fraction of sp³-hybridized carbons (Fsp3) is 0.500. The van der Waals surface area contributed by atoms with E-state index in [4.69, 9.17) is 5.11 Å². The van der Waals surface area contributed by atoms with Crippen molar-refractivity contribution in [2.75, 3.05) is 19.6 Å². The molecule has 2 aromatic rings. The van der Waals surface area contributed by atoms with Crippen molar-refractivity contribution in [2.45, 2.75) is 19.4 Å². The van der Waals surface area contributed by atoms with Crippen molar-refractivity contribution >= 4 is 11.6 Å². The molecule has 7 nitrogen and oxygen atoms in total. The molecule has 0 spiro atoms. The molecular formula is C14H18N4O3. The molecule has 1 saturated heterocycles. The summed E-state index contributed by atoms with van der Waals surface area (Å²) in [5, 5.41) is 13.1. The van der Waals surface area contributed by atoms with Gasteiger partial charge in [-0.2, -0.15) is 0 Å². The van der Waals surface area contributed by atoms with Crippen LogP contribution >= 0.6 is 0 Å². The first kappa shape index (κ1) is 13.8. The Balaban J connectivity index is 1.61. The summed E-state index contributed by atoms with van der Waals surface area (Å²) in [6, 6.07) is 5.46. The zero-order chi connectivity index (χ0) is 14.8. The topological polar surface area (TPSA) is 79.8 Å². The summed E-state index contributed by atoms with van der Waals surface area (Å²) in [6.07, 6.45) is 2.84. The summed E-state index contributed by atoms with van der Waals surface area (Å²) in [5.74, 6) is -0.515. The van der Waals surface area contributed by atoms with Crippen molar-refractivity contribution < 1.29 is 9.90 Å². The number of aromatic nitrogens is 3. The smallest absolute Gasteiger partial charge is 0.350 e. The summed E-state index contributed by atoms with van der Waals surface area (Å²) in [6.45, 7) is 2.93. The SMILES string of the molecule is O=C(O)CC1CCN(CCn2nc3ccccn3c2=O)C1. The normalized spacial score (nSPS) is 19.3. The Morgan fingerprint density at radius 1 is 1.38 bits per heavy atom. The third-order valence-electron chi connectivity index (χ3n) is 3.95. The Bertz CT molecular complexity index is 706. The van der Waals surface area contributed by atoms with Crippen molar-refractivity contribution in [3.05, 3.63) is 34.9 Å². The van der Waals surface area contributed by atoms with Crippen LogP contribution in [0.5, 0.6) is 0 Å². The van der Waals surface area contributed by atoms with E-state index in [0.29, 0.717) is 12.2 Å². The molecule has 1 aliphatic heterocycles. The predicted octanol–water partition coefficient (Wildman–Crippen LogP) is 0.293. The molecule has 1 atom stereocenters. The Morgan fingerprint density at radius 3 is 3.00 bits per heavy atom. The van der Waals surface area contributed by atoms with E-state index >= 15 is 0 Å². The fourth-order valence-electron chi connectivity index (χ4n) is 2.88. The van der Waals surface area contributed by atoms with E-state index in [-0.39, 0.29) is 18.0 Å². The maximum atomic E-state index is 12.1. The number of rotatable bonds is 5. The molecule has 0 aromatic carbocycles. The maximum Gasteiger partial charge on any atom is 0.350 e. The third-order valence-corrected chi connectivity index (χ3v) is 3.95. The standard InChI is InChI=1S/C14H18N4O3/c19-13(20)9-11-4-6-16(10-11)7-8-18-14(21)17-5-2-1-3-12(17)15-18/h1-3,5,11H,4,6-10H2,(H,19,20). The first-order chi connectivity index (χ1) is 10.1. The van der Waals surface area contributed by atoms with Gasteiger partial charge in [0.2, 0.25) is 0 Å². The molecule has 3 rings (SSSR count). The second kappa shape index (κ2) is 5.69. The van der Waals surface area contributed by atoms with E-state index in [1.165, 1.54) is 9.08 Å². The van der Waals surface area contributed by atoms with Gasteiger partial charge in [-0.05, 0) is 31.0 Å². The number of likely N-dealkylation sites (tertiary alicyclic amines) is 1. The van der Waals surface area contributed by atoms with E-state index in [1.807, 2.05) is 6.07 Å². The second-order valence-electron chi connectivity index (χ2n) is 5.49. The molecule has 1 aliphatic rings. The minimum Gasteiger partial charge on any atom is -0.481 e. The maximum absolute atomic E-state index is 12.1. The molecule has 1 fully saturated rings. The molecule has 0 amide bonds. The van der Waals surface area contributed by atoms with Gasteiger partial charge in [0.1, 0.15) is 0 Å². The quantitative estimate of drug-likeness (QED) is 0.856. The lowest BCUT2D eigenvalue weighted by Gasteiger charge is -2.14. The molecule has 21 heavy (non-hydrogen) atoms. The summed E-state index contributed by atoms with van der Waals surface area (Å²) in [4.78, 5) is 25.0. The summed E-state index contributed by atoms with van der Waals surface area (Å²) >= 11 is 0. The zero-order valence-corrected chi connectivity index (χ0v) is 11.7. The number of carboxylic acids is 1. The average Bonchev–Trinajstić information content (AvgIpc) is 3.02. The lowest BCUT2D eigenvalue weighted by atomic mass is 10.1. The lowest BCUT2D eigenvalue weighted by Crippen LogP contribution is -2.30. The van der Waals surface area contributed by atoms with Crippen LogP contribution in [-0.4, -0.2) is 49.8 Å². The van der Waals surface area contributed by atoms with Gasteiger partial charge in [-0.1, -0.05) is 6.07 Å². The van der Waals surface area contributed by atoms with Gasteiger partial charge in [0.25, 0.3) is 0 Å². The number of fused-ring (bicyclic) bond motifs is 1. The van der Waals surface area contributed by atoms with Gasteiger partial charge in [0.15, 0.2) is 5.65 Å². The predicted molar refractivity (Wildman–Crippen MR) is 76.3 cm³/mol. The zero-order valence-electron chi connectivity index (χ0n) is 11.7. The molecule has 2 aromatic heterocycles. The minimum absolute atomic E-state index is 0.133. The van der Waals surface area contributed by atoms with Gasteiger partial charge in [-0.25, -0.2) is 9.48 Å². The summed E-state index contributed by atoms with van der Waals surface area (Å²) in [5.41, 5.74) is 0.513. The number of hydrogen-bond acceptors (Lipinski definition) is 4. The molecule has 7 heteroatoms. The second-order valence-corrected chi connectivity index (χ2v) is 5.49. The van der Waals surface area contributed by atoms with Crippen LogP contribution in [0.1, 0.15) is 12.8 Å². The van der Waals surface area contributed by atoms with Gasteiger partial charge in [-0.15, -0.1) is 5.10 Å². The van der Waals surface area contributed by atoms with Crippen LogP contribution in [-0.2, 0) is 11.3 Å². The Labute approximate surface area is 121 Å².